The van der Waals surface area contributed by atoms with Crippen molar-refractivity contribution < 1.29 is 4.79 Å². The summed E-state index contributed by atoms with van der Waals surface area (Å²) in [5.74, 6) is -0.0261. The van der Waals surface area contributed by atoms with Crippen LogP contribution < -0.4 is 16.2 Å². The molecule has 1 aromatic rings. The second-order valence-corrected chi connectivity index (χ2v) is 5.27. The van der Waals surface area contributed by atoms with Gasteiger partial charge in [0.25, 0.3) is 5.56 Å². The molecule has 0 aliphatic rings. The topological polar surface area (TPSA) is 97.8 Å². The quantitative estimate of drug-likeness (QED) is 0.622. The summed E-state index contributed by atoms with van der Waals surface area (Å²) >= 11 is 0. The van der Waals surface area contributed by atoms with Gasteiger partial charge in [-0.15, -0.1) is 12.4 Å². The number of nitriles is 1. The van der Waals surface area contributed by atoms with Crippen molar-refractivity contribution in [2.45, 2.75) is 40.0 Å². The van der Waals surface area contributed by atoms with E-state index in [4.69, 9.17) is 5.26 Å². The largest absolute Gasteiger partial charge is 0.355 e. The molecule has 0 aliphatic carbocycles. The summed E-state index contributed by atoms with van der Waals surface area (Å²) in [4.78, 5) is 26.1. The van der Waals surface area contributed by atoms with Crippen molar-refractivity contribution in [3.63, 3.8) is 0 Å². The molecule has 128 valence electrons. The normalized spacial score (nSPS) is 9.83. The van der Waals surface area contributed by atoms with Crippen LogP contribution in [0.3, 0.4) is 0 Å². The summed E-state index contributed by atoms with van der Waals surface area (Å²) in [6, 6.07) is 1.92. The molecule has 23 heavy (non-hydrogen) atoms. The number of hydrogen-bond donors (Lipinski definition) is 3. The molecule has 0 fully saturated rings. The Morgan fingerprint density at radius 2 is 1.96 bits per heavy atom. The van der Waals surface area contributed by atoms with Gasteiger partial charge in [-0.3, -0.25) is 9.59 Å². The number of amides is 1. The Morgan fingerprint density at radius 3 is 2.57 bits per heavy atom. The first kappa shape index (κ1) is 21.2. The van der Waals surface area contributed by atoms with Gasteiger partial charge in [0, 0.05) is 25.2 Å². The molecule has 1 heterocycles. The van der Waals surface area contributed by atoms with E-state index in [0.29, 0.717) is 24.9 Å². The van der Waals surface area contributed by atoms with Crippen LogP contribution in [-0.2, 0) is 11.2 Å². The minimum Gasteiger partial charge on any atom is -0.355 e. The fraction of sp³-hybridized carbons (Fsp3) is 0.562. The highest BCUT2D eigenvalue weighted by Gasteiger charge is 2.13. The minimum atomic E-state index is -0.368. The van der Waals surface area contributed by atoms with Crippen LogP contribution in [0.1, 0.15) is 42.1 Å². The number of halogens is 1. The molecule has 0 bridgehead atoms. The predicted molar refractivity (Wildman–Crippen MR) is 93.0 cm³/mol. The first-order valence-electron chi connectivity index (χ1n) is 7.61. The van der Waals surface area contributed by atoms with Crippen LogP contribution >= 0.6 is 12.4 Å². The molecule has 7 heteroatoms. The van der Waals surface area contributed by atoms with E-state index in [1.165, 1.54) is 0 Å². The highest BCUT2D eigenvalue weighted by atomic mass is 35.5. The fourth-order valence-electron chi connectivity index (χ4n) is 2.34. The Morgan fingerprint density at radius 1 is 1.26 bits per heavy atom. The Kier molecular flexibility index (Phi) is 9.95. The third kappa shape index (κ3) is 6.43. The SMILES string of the molecule is CCCNCCNC(=O)CCc1c(C)[nH]c(=O)c(C#N)c1C.Cl. The number of nitrogens with zero attached hydrogens (tertiary/aromatic N) is 1. The lowest BCUT2D eigenvalue weighted by Gasteiger charge is -2.11. The lowest BCUT2D eigenvalue weighted by molar-refractivity contribution is -0.121. The van der Waals surface area contributed by atoms with E-state index in [2.05, 4.69) is 22.5 Å². The van der Waals surface area contributed by atoms with E-state index in [1.807, 2.05) is 6.07 Å². The van der Waals surface area contributed by atoms with E-state index in [1.54, 1.807) is 13.8 Å². The summed E-state index contributed by atoms with van der Waals surface area (Å²) in [5.41, 5.74) is 2.02. The molecule has 1 rings (SSSR count). The van der Waals surface area contributed by atoms with Crippen LogP contribution in [0.5, 0.6) is 0 Å². The number of aromatic amines is 1. The smallest absolute Gasteiger partial charge is 0.266 e. The zero-order chi connectivity index (χ0) is 16.5. The average Bonchev–Trinajstić information content (AvgIpc) is 2.46. The predicted octanol–water partition coefficient (Wildman–Crippen LogP) is 1.33. The van der Waals surface area contributed by atoms with Gasteiger partial charge >= 0.3 is 0 Å². The zero-order valence-electron chi connectivity index (χ0n) is 13.9. The van der Waals surface area contributed by atoms with Gasteiger partial charge in [-0.2, -0.15) is 5.26 Å². The lowest BCUT2D eigenvalue weighted by Crippen LogP contribution is -2.32. The van der Waals surface area contributed by atoms with E-state index < -0.39 is 0 Å². The number of pyridine rings is 1. The van der Waals surface area contributed by atoms with Crippen molar-refractivity contribution in [2.75, 3.05) is 19.6 Å². The third-order valence-corrected chi connectivity index (χ3v) is 3.57. The van der Waals surface area contributed by atoms with E-state index in [-0.39, 0.29) is 29.4 Å². The molecule has 0 atom stereocenters. The molecule has 0 aliphatic heterocycles. The molecule has 0 unspecified atom stereocenters. The summed E-state index contributed by atoms with van der Waals surface area (Å²) in [6.07, 6.45) is 1.92. The number of aromatic nitrogens is 1. The summed E-state index contributed by atoms with van der Waals surface area (Å²) in [6.45, 7) is 7.94. The highest BCUT2D eigenvalue weighted by molar-refractivity contribution is 5.85. The molecular weight excluding hydrogens is 316 g/mol. The van der Waals surface area contributed by atoms with Gasteiger partial charge in [0.1, 0.15) is 11.6 Å². The van der Waals surface area contributed by atoms with Crippen molar-refractivity contribution in [1.29, 1.82) is 5.26 Å². The van der Waals surface area contributed by atoms with Crippen molar-refractivity contribution >= 4 is 18.3 Å². The van der Waals surface area contributed by atoms with Crippen LogP contribution in [0.15, 0.2) is 4.79 Å². The average molecular weight is 341 g/mol. The number of aryl methyl sites for hydroxylation is 1. The molecule has 0 aromatic carbocycles. The Hall–Kier alpha value is -1.84. The Bertz CT molecular complexity index is 620. The van der Waals surface area contributed by atoms with E-state index in [0.717, 1.165) is 30.8 Å². The van der Waals surface area contributed by atoms with E-state index >= 15 is 0 Å². The molecule has 6 nitrogen and oxygen atoms in total. The Labute approximate surface area is 143 Å². The van der Waals surface area contributed by atoms with Gasteiger partial charge in [-0.1, -0.05) is 6.92 Å². The van der Waals surface area contributed by atoms with Crippen LogP contribution in [-0.4, -0.2) is 30.5 Å². The first-order valence-corrected chi connectivity index (χ1v) is 7.61. The van der Waals surface area contributed by atoms with Crippen molar-refractivity contribution in [1.82, 2.24) is 15.6 Å². The van der Waals surface area contributed by atoms with E-state index in [9.17, 15) is 9.59 Å². The molecule has 1 aromatic heterocycles. The molecule has 0 radical (unpaired) electrons. The molecule has 0 spiro atoms. The van der Waals surface area contributed by atoms with Crippen LogP contribution in [0.4, 0.5) is 0 Å². The number of hydrogen-bond acceptors (Lipinski definition) is 4. The number of carbonyl (C=O) groups is 1. The maximum Gasteiger partial charge on any atom is 0.266 e. The molecular formula is C16H25ClN4O2. The van der Waals surface area contributed by atoms with Gasteiger partial charge < -0.3 is 15.6 Å². The second-order valence-electron chi connectivity index (χ2n) is 5.27. The van der Waals surface area contributed by atoms with Gasteiger partial charge in [0.05, 0.1) is 0 Å². The number of rotatable bonds is 8. The zero-order valence-corrected chi connectivity index (χ0v) is 14.7. The van der Waals surface area contributed by atoms with Crippen molar-refractivity contribution in [3.8, 4) is 6.07 Å². The maximum atomic E-state index is 11.8. The number of carbonyl (C=O) groups excluding carboxylic acids is 1. The monoisotopic (exact) mass is 340 g/mol. The fourth-order valence-corrected chi connectivity index (χ4v) is 2.34. The van der Waals surface area contributed by atoms with Crippen LogP contribution in [0.25, 0.3) is 0 Å². The molecule has 3 N–H and O–H groups in total. The summed E-state index contributed by atoms with van der Waals surface area (Å²) < 4.78 is 0. The standard InChI is InChI=1S/C16H24N4O2.ClH/c1-4-7-18-8-9-19-15(21)6-5-13-11(2)14(10-17)16(22)20-12(13)3;/h18H,4-9H2,1-3H3,(H,19,21)(H,20,22);1H. The number of nitrogens with one attached hydrogen (secondary N) is 3. The minimum absolute atomic E-state index is 0. The van der Waals surface area contributed by atoms with Crippen LogP contribution in [0.2, 0.25) is 0 Å². The summed E-state index contributed by atoms with van der Waals surface area (Å²) in [5, 5.41) is 15.1. The molecule has 0 saturated heterocycles. The maximum absolute atomic E-state index is 11.8. The van der Waals surface area contributed by atoms with Crippen molar-refractivity contribution in [2.24, 2.45) is 0 Å². The second kappa shape index (κ2) is 10.8. The molecule has 0 saturated carbocycles. The van der Waals surface area contributed by atoms with Gasteiger partial charge in [-0.25, -0.2) is 0 Å². The molecule has 1 amide bonds. The lowest BCUT2D eigenvalue weighted by atomic mass is 9.99. The first-order chi connectivity index (χ1) is 10.5. The summed E-state index contributed by atoms with van der Waals surface area (Å²) in [7, 11) is 0. The number of H-pyrrole nitrogens is 1. The van der Waals surface area contributed by atoms with Crippen LogP contribution in [0, 0.1) is 25.2 Å². The highest BCUT2D eigenvalue weighted by Crippen LogP contribution is 2.14. The van der Waals surface area contributed by atoms with Gasteiger partial charge in [-0.05, 0) is 44.4 Å². The third-order valence-electron chi connectivity index (χ3n) is 3.57. The van der Waals surface area contributed by atoms with Gasteiger partial charge in [0.2, 0.25) is 5.91 Å². The van der Waals surface area contributed by atoms with Gasteiger partial charge in [0.15, 0.2) is 0 Å². The van der Waals surface area contributed by atoms with Crippen molar-refractivity contribution in [3.05, 3.63) is 32.7 Å². The Balaban J connectivity index is 0.00000484.